The van der Waals surface area contributed by atoms with E-state index in [2.05, 4.69) is 42.5 Å². The van der Waals surface area contributed by atoms with Gasteiger partial charge in [0.15, 0.2) is 0 Å². The molecule has 2 aromatic carbocycles. The maximum atomic E-state index is 6.59. The molecule has 4 aliphatic rings. The number of epoxide rings is 2. The molecule has 6 rings (SSSR count). The Bertz CT molecular complexity index is 962. The summed E-state index contributed by atoms with van der Waals surface area (Å²) in [6.45, 7) is 3.06. The van der Waals surface area contributed by atoms with Crippen LogP contribution in [-0.4, -0.2) is 38.6 Å². The van der Waals surface area contributed by atoms with E-state index in [1.54, 1.807) is 0 Å². The zero-order valence-electron chi connectivity index (χ0n) is 21.7. The van der Waals surface area contributed by atoms with Crippen molar-refractivity contribution < 1.29 is 18.9 Å². The lowest BCUT2D eigenvalue weighted by Crippen LogP contribution is -2.16. The lowest BCUT2D eigenvalue weighted by molar-refractivity contribution is 0.253. The van der Waals surface area contributed by atoms with Crippen molar-refractivity contribution in [1.82, 2.24) is 0 Å². The van der Waals surface area contributed by atoms with Crippen LogP contribution in [-0.2, 0) is 9.47 Å². The summed E-state index contributed by atoms with van der Waals surface area (Å²) in [7, 11) is 0. The summed E-state index contributed by atoms with van der Waals surface area (Å²) in [5, 5.41) is 0. The summed E-state index contributed by atoms with van der Waals surface area (Å²) in [5.74, 6) is 4.04. The molecule has 36 heavy (non-hydrogen) atoms. The minimum atomic E-state index is 0.294. The predicted molar refractivity (Wildman–Crippen MR) is 142 cm³/mol. The highest BCUT2D eigenvalue weighted by Gasteiger charge is 2.30. The topological polar surface area (TPSA) is 43.5 Å². The fraction of sp³-hybridized carbons (Fsp3) is 0.625. The van der Waals surface area contributed by atoms with E-state index < -0.39 is 0 Å². The van der Waals surface area contributed by atoms with E-state index in [1.807, 2.05) is 0 Å². The van der Waals surface area contributed by atoms with E-state index >= 15 is 0 Å². The van der Waals surface area contributed by atoms with Gasteiger partial charge in [0.05, 0.1) is 13.2 Å². The fourth-order valence-electron chi connectivity index (χ4n) is 6.42. The summed E-state index contributed by atoms with van der Waals surface area (Å²) >= 11 is 0. The normalized spacial score (nSPS) is 28.7. The molecular weight excluding hydrogens is 448 g/mol. The molecule has 0 bridgehead atoms. The van der Waals surface area contributed by atoms with Crippen LogP contribution in [0.15, 0.2) is 42.5 Å². The number of rotatable bonds is 9. The minimum Gasteiger partial charge on any atom is -0.491 e. The Labute approximate surface area is 216 Å². The van der Waals surface area contributed by atoms with Gasteiger partial charge in [-0.25, -0.2) is 0 Å². The maximum Gasteiger partial charge on any atom is 0.126 e. The van der Waals surface area contributed by atoms with Gasteiger partial charge in [-0.3, -0.25) is 0 Å². The van der Waals surface area contributed by atoms with Gasteiger partial charge in [-0.1, -0.05) is 62.4 Å². The van der Waals surface area contributed by atoms with Crippen molar-refractivity contribution in [3.63, 3.8) is 0 Å². The number of ether oxygens (including phenoxy) is 4. The monoisotopic (exact) mass is 490 g/mol. The quantitative estimate of drug-likeness (QED) is 0.341. The standard InChI is InChI=1S/C32H42O4/c1-2-4-7-25(8-5-3-1)30-9-6-10-31(32(30)36-22-29-21-35-29)26-13-11-23(12-14-26)24-15-17-27(18-16-24)33-19-28-20-34-28/h6,9-10,15-18,23,25-26,28-29H,1-5,7-8,11-14,19-22H2. The molecule has 4 nitrogen and oxygen atoms in total. The molecule has 0 aromatic heterocycles. The van der Waals surface area contributed by atoms with E-state index in [0.717, 1.165) is 19.0 Å². The molecule has 194 valence electrons. The van der Waals surface area contributed by atoms with Crippen molar-refractivity contribution in [3.8, 4) is 11.5 Å². The van der Waals surface area contributed by atoms with Gasteiger partial charge in [0.1, 0.15) is 36.9 Å². The number of hydrogen-bond acceptors (Lipinski definition) is 4. The van der Waals surface area contributed by atoms with Gasteiger partial charge < -0.3 is 18.9 Å². The van der Waals surface area contributed by atoms with Crippen LogP contribution >= 0.6 is 0 Å². The molecule has 2 unspecified atom stereocenters. The molecule has 2 heterocycles. The average Bonchev–Trinajstić information content (AvgIpc) is 3.82. The summed E-state index contributed by atoms with van der Waals surface area (Å²) < 4.78 is 23.2. The molecule has 2 atom stereocenters. The maximum absolute atomic E-state index is 6.59. The van der Waals surface area contributed by atoms with Gasteiger partial charge in [0.25, 0.3) is 0 Å². The molecule has 4 heteroatoms. The van der Waals surface area contributed by atoms with Crippen molar-refractivity contribution in [2.45, 2.75) is 101 Å². The van der Waals surface area contributed by atoms with Crippen LogP contribution in [0.4, 0.5) is 0 Å². The first kappa shape index (κ1) is 24.3. The van der Waals surface area contributed by atoms with Crippen LogP contribution in [0.3, 0.4) is 0 Å². The summed E-state index contributed by atoms with van der Waals surface area (Å²) in [4.78, 5) is 0. The van der Waals surface area contributed by atoms with Gasteiger partial charge in [-0.15, -0.1) is 0 Å². The predicted octanol–water partition coefficient (Wildman–Crippen LogP) is 7.51. The molecule has 0 N–H and O–H groups in total. The molecule has 2 saturated carbocycles. The second-order valence-electron chi connectivity index (χ2n) is 11.5. The lowest BCUT2D eigenvalue weighted by Gasteiger charge is -2.32. The van der Waals surface area contributed by atoms with E-state index in [4.69, 9.17) is 18.9 Å². The van der Waals surface area contributed by atoms with Crippen molar-refractivity contribution in [1.29, 1.82) is 0 Å². The molecule has 0 amide bonds. The van der Waals surface area contributed by atoms with Gasteiger partial charge >= 0.3 is 0 Å². The first-order chi connectivity index (χ1) is 17.8. The lowest BCUT2D eigenvalue weighted by atomic mass is 9.75. The first-order valence-electron chi connectivity index (χ1n) is 14.5. The smallest absolute Gasteiger partial charge is 0.126 e. The average molecular weight is 491 g/mol. The summed E-state index contributed by atoms with van der Waals surface area (Å²) in [6, 6.07) is 15.8. The molecule has 2 aliphatic carbocycles. The van der Waals surface area contributed by atoms with E-state index in [9.17, 15) is 0 Å². The van der Waals surface area contributed by atoms with Gasteiger partial charge in [-0.2, -0.15) is 0 Å². The molecule has 2 aliphatic heterocycles. The number of hydrogen-bond donors (Lipinski definition) is 0. The third kappa shape index (κ3) is 6.26. The zero-order chi connectivity index (χ0) is 24.2. The third-order valence-corrected chi connectivity index (χ3v) is 8.79. The summed E-state index contributed by atoms with van der Waals surface area (Å²) in [6.07, 6.45) is 15.0. The van der Waals surface area contributed by atoms with Crippen molar-refractivity contribution in [3.05, 3.63) is 59.2 Å². The van der Waals surface area contributed by atoms with Gasteiger partial charge in [-0.05, 0) is 85.1 Å². The van der Waals surface area contributed by atoms with Crippen molar-refractivity contribution in [2.75, 3.05) is 26.4 Å². The van der Waals surface area contributed by atoms with Crippen LogP contribution < -0.4 is 9.47 Å². The Morgan fingerprint density at radius 3 is 1.72 bits per heavy atom. The van der Waals surface area contributed by atoms with E-state index in [0.29, 0.717) is 43.2 Å². The molecule has 2 saturated heterocycles. The Hall–Kier alpha value is -2.04. The second-order valence-corrected chi connectivity index (χ2v) is 11.5. The fourth-order valence-corrected chi connectivity index (χ4v) is 6.42. The highest BCUT2D eigenvalue weighted by atomic mass is 16.6. The minimum absolute atomic E-state index is 0.294. The van der Waals surface area contributed by atoms with Crippen LogP contribution in [0.5, 0.6) is 11.5 Å². The largest absolute Gasteiger partial charge is 0.491 e. The number of para-hydroxylation sites is 1. The molecule has 0 spiro atoms. The Kier molecular flexibility index (Phi) is 7.81. The van der Waals surface area contributed by atoms with E-state index in [1.165, 1.54) is 93.1 Å². The highest BCUT2D eigenvalue weighted by molar-refractivity contribution is 5.46. The molecule has 4 fully saturated rings. The molecule has 2 aromatic rings. The van der Waals surface area contributed by atoms with Crippen molar-refractivity contribution >= 4 is 0 Å². The van der Waals surface area contributed by atoms with Crippen molar-refractivity contribution in [2.24, 2.45) is 0 Å². The second kappa shape index (κ2) is 11.6. The SMILES string of the molecule is c1cc(C2CCCCCCC2)c(OCC2CO2)c(C2CCC(c3ccc(OCC4CO4)cc3)CC2)c1. The Balaban J connectivity index is 1.13. The Morgan fingerprint density at radius 1 is 0.583 bits per heavy atom. The van der Waals surface area contributed by atoms with Gasteiger partial charge in [0.2, 0.25) is 0 Å². The highest BCUT2D eigenvalue weighted by Crippen LogP contribution is 2.46. The Morgan fingerprint density at radius 2 is 1.11 bits per heavy atom. The third-order valence-electron chi connectivity index (χ3n) is 8.79. The van der Waals surface area contributed by atoms with Crippen LogP contribution in [0.1, 0.15) is 105 Å². The van der Waals surface area contributed by atoms with Crippen LogP contribution in [0.2, 0.25) is 0 Å². The molecular formula is C32H42O4. The molecule has 0 radical (unpaired) electrons. The van der Waals surface area contributed by atoms with Gasteiger partial charge in [0, 0.05) is 0 Å². The van der Waals surface area contributed by atoms with Crippen LogP contribution in [0, 0.1) is 0 Å². The van der Waals surface area contributed by atoms with Crippen LogP contribution in [0.25, 0.3) is 0 Å². The number of benzene rings is 2. The van der Waals surface area contributed by atoms with E-state index in [-0.39, 0.29) is 0 Å². The zero-order valence-corrected chi connectivity index (χ0v) is 21.7. The first-order valence-corrected chi connectivity index (χ1v) is 14.5. The summed E-state index contributed by atoms with van der Waals surface area (Å²) in [5.41, 5.74) is 4.39.